The Kier molecular flexibility index (Phi) is 4.88. The molecule has 1 fully saturated rings. The second-order valence-electron chi connectivity index (χ2n) is 9.77. The van der Waals surface area contributed by atoms with Gasteiger partial charge in [0.2, 0.25) is 15.9 Å². The number of hydrogen-bond donors (Lipinski definition) is 1. The number of nitrogens with zero attached hydrogens (tertiary/aromatic N) is 3. The van der Waals surface area contributed by atoms with E-state index < -0.39 is 15.6 Å². The van der Waals surface area contributed by atoms with Crippen molar-refractivity contribution in [2.24, 2.45) is 0 Å². The summed E-state index contributed by atoms with van der Waals surface area (Å²) in [6.45, 7) is 4.19. The Morgan fingerprint density at radius 1 is 1.09 bits per heavy atom. The third-order valence-corrected chi connectivity index (χ3v) is 9.55. The Labute approximate surface area is 204 Å². The number of amides is 1. The molecule has 182 valence electrons. The van der Waals surface area contributed by atoms with E-state index in [9.17, 15) is 17.6 Å². The second-order valence-corrected chi connectivity index (χ2v) is 11.7. The zero-order chi connectivity index (χ0) is 24.5. The molecule has 1 spiro atoms. The number of hydrogen-bond acceptors (Lipinski definition) is 4. The van der Waals surface area contributed by atoms with Crippen molar-refractivity contribution in [3.63, 3.8) is 0 Å². The highest BCUT2D eigenvalue weighted by atomic mass is 32.2. The van der Waals surface area contributed by atoms with Crippen LogP contribution in [0.15, 0.2) is 59.6 Å². The smallest absolute Gasteiger partial charge is 0.243 e. The van der Waals surface area contributed by atoms with Gasteiger partial charge in [0.15, 0.2) is 0 Å². The number of aromatic nitrogens is 1. The van der Waals surface area contributed by atoms with Crippen LogP contribution in [0.3, 0.4) is 0 Å². The highest BCUT2D eigenvalue weighted by molar-refractivity contribution is 7.89. The maximum absolute atomic E-state index is 14.0. The first-order valence-corrected chi connectivity index (χ1v) is 13.3. The van der Waals surface area contributed by atoms with Gasteiger partial charge in [0.25, 0.3) is 0 Å². The zero-order valence-electron chi connectivity index (χ0n) is 19.7. The maximum Gasteiger partial charge on any atom is 0.243 e. The number of sulfonamides is 1. The fourth-order valence-electron chi connectivity index (χ4n) is 6.01. The summed E-state index contributed by atoms with van der Waals surface area (Å²) >= 11 is 0. The molecule has 7 nitrogen and oxygen atoms in total. The minimum absolute atomic E-state index is 0.0108. The molecular formula is C26H27FN4O3S. The SMILES string of the molecule is CC(=O)N1c2ccc(S(=O)(=O)N3CCC4(CC3)Nc3cc(F)ccc3-n3cccc34)cc2C[C@H]1C. The molecule has 0 radical (unpaired) electrons. The van der Waals surface area contributed by atoms with Crippen molar-refractivity contribution < 1.29 is 17.6 Å². The number of nitrogens with one attached hydrogen (secondary N) is 1. The summed E-state index contributed by atoms with van der Waals surface area (Å²) in [5.41, 5.74) is 3.87. The molecule has 1 amide bonds. The highest BCUT2D eigenvalue weighted by Gasteiger charge is 2.44. The lowest BCUT2D eigenvalue weighted by Crippen LogP contribution is -2.51. The van der Waals surface area contributed by atoms with Crippen LogP contribution in [0.2, 0.25) is 0 Å². The molecule has 35 heavy (non-hydrogen) atoms. The zero-order valence-corrected chi connectivity index (χ0v) is 20.5. The topological polar surface area (TPSA) is 74.7 Å². The van der Waals surface area contributed by atoms with Crippen molar-refractivity contribution in [1.82, 2.24) is 8.87 Å². The number of rotatable bonds is 2. The van der Waals surface area contributed by atoms with Gasteiger partial charge < -0.3 is 14.8 Å². The third kappa shape index (κ3) is 3.32. The number of halogens is 1. The van der Waals surface area contributed by atoms with Crippen LogP contribution in [0.25, 0.3) is 5.69 Å². The summed E-state index contributed by atoms with van der Waals surface area (Å²) in [5.74, 6) is -0.351. The Balaban J connectivity index is 1.27. The van der Waals surface area contributed by atoms with Gasteiger partial charge in [-0.3, -0.25) is 4.79 Å². The van der Waals surface area contributed by atoms with E-state index in [2.05, 4.69) is 9.88 Å². The first-order valence-electron chi connectivity index (χ1n) is 11.9. The number of anilines is 2. The fourth-order valence-corrected chi connectivity index (χ4v) is 7.50. The van der Waals surface area contributed by atoms with Crippen molar-refractivity contribution >= 4 is 27.3 Å². The van der Waals surface area contributed by atoms with E-state index in [1.807, 2.05) is 25.3 Å². The molecule has 1 aromatic heterocycles. The summed E-state index contributed by atoms with van der Waals surface area (Å²) in [5, 5.41) is 3.54. The van der Waals surface area contributed by atoms with Crippen molar-refractivity contribution in [2.45, 2.75) is 49.6 Å². The molecular weight excluding hydrogens is 467 g/mol. The van der Waals surface area contributed by atoms with Gasteiger partial charge >= 0.3 is 0 Å². The third-order valence-electron chi connectivity index (χ3n) is 7.65. The number of fused-ring (bicyclic) bond motifs is 5. The van der Waals surface area contributed by atoms with E-state index in [-0.39, 0.29) is 22.7 Å². The standard InChI is InChI=1S/C26H27FN4O3S/c1-17-14-19-15-21(6-8-23(19)31(17)18(2)32)35(33,34)29-12-9-26(10-13-29)25-4-3-11-30(25)24-7-5-20(27)16-22(24)28-26/h3-8,11,15-17,28H,9-10,12-14H2,1-2H3/t17-/m1/s1. The molecule has 4 heterocycles. The maximum atomic E-state index is 14.0. The van der Waals surface area contributed by atoms with Crippen LogP contribution in [0.4, 0.5) is 15.8 Å². The van der Waals surface area contributed by atoms with Crippen LogP contribution in [0.1, 0.15) is 37.9 Å². The molecule has 3 aliphatic rings. The average molecular weight is 495 g/mol. The quantitative estimate of drug-likeness (QED) is 0.584. The predicted molar refractivity (Wildman–Crippen MR) is 132 cm³/mol. The molecule has 9 heteroatoms. The van der Waals surface area contributed by atoms with Gasteiger partial charge in [0.05, 0.1) is 21.8 Å². The van der Waals surface area contributed by atoms with Crippen LogP contribution < -0.4 is 10.2 Å². The van der Waals surface area contributed by atoms with E-state index in [1.165, 1.54) is 23.4 Å². The first kappa shape index (κ1) is 22.3. The molecule has 1 atom stereocenters. The molecule has 0 aliphatic carbocycles. The van der Waals surface area contributed by atoms with Gasteiger partial charge in [-0.05, 0) is 80.3 Å². The van der Waals surface area contributed by atoms with Gasteiger partial charge in [0, 0.05) is 43.6 Å². The summed E-state index contributed by atoms with van der Waals surface area (Å²) in [4.78, 5) is 14.0. The van der Waals surface area contributed by atoms with Crippen LogP contribution >= 0.6 is 0 Å². The number of carbonyl (C=O) groups is 1. The van der Waals surface area contributed by atoms with Crippen LogP contribution in [-0.2, 0) is 26.8 Å². The molecule has 6 rings (SSSR count). The van der Waals surface area contributed by atoms with Crippen LogP contribution in [-0.4, -0.2) is 42.3 Å². The molecule has 0 saturated carbocycles. The second kappa shape index (κ2) is 7.66. The molecule has 3 aliphatic heterocycles. The van der Waals surface area contributed by atoms with Gasteiger partial charge in [-0.25, -0.2) is 12.8 Å². The molecule has 0 bridgehead atoms. The number of piperidine rings is 1. The lowest BCUT2D eigenvalue weighted by Gasteiger charge is -2.45. The van der Waals surface area contributed by atoms with E-state index in [0.717, 1.165) is 22.6 Å². The number of benzene rings is 2. The van der Waals surface area contributed by atoms with Gasteiger partial charge in [-0.1, -0.05) is 0 Å². The average Bonchev–Trinajstić information content (AvgIpc) is 3.43. The lowest BCUT2D eigenvalue weighted by atomic mass is 9.83. The summed E-state index contributed by atoms with van der Waals surface area (Å²) in [7, 11) is -3.69. The minimum Gasteiger partial charge on any atom is -0.372 e. The van der Waals surface area contributed by atoms with Crippen molar-refractivity contribution in [3.8, 4) is 5.69 Å². The lowest BCUT2D eigenvalue weighted by molar-refractivity contribution is -0.116. The van der Waals surface area contributed by atoms with Crippen molar-refractivity contribution in [1.29, 1.82) is 0 Å². The minimum atomic E-state index is -3.69. The largest absolute Gasteiger partial charge is 0.372 e. The molecule has 0 unspecified atom stereocenters. The Morgan fingerprint density at radius 2 is 1.83 bits per heavy atom. The Hall–Kier alpha value is -3.17. The number of carbonyl (C=O) groups excluding carboxylic acids is 1. The molecule has 3 aromatic rings. The fraction of sp³-hybridized carbons (Fsp3) is 0.346. The molecule has 2 aromatic carbocycles. The summed E-state index contributed by atoms with van der Waals surface area (Å²) in [6, 6.07) is 13.8. The summed E-state index contributed by atoms with van der Waals surface area (Å²) in [6.07, 6.45) is 3.73. The Morgan fingerprint density at radius 3 is 2.57 bits per heavy atom. The van der Waals surface area contributed by atoms with E-state index >= 15 is 0 Å². The summed E-state index contributed by atoms with van der Waals surface area (Å²) < 4.78 is 44.7. The van der Waals surface area contributed by atoms with Gasteiger partial charge in [-0.2, -0.15) is 4.31 Å². The van der Waals surface area contributed by atoms with Crippen molar-refractivity contribution in [3.05, 3.63) is 71.8 Å². The van der Waals surface area contributed by atoms with Gasteiger partial charge in [-0.15, -0.1) is 0 Å². The van der Waals surface area contributed by atoms with E-state index in [0.29, 0.717) is 38.0 Å². The highest BCUT2D eigenvalue weighted by Crippen LogP contribution is 2.44. The van der Waals surface area contributed by atoms with Crippen LogP contribution in [0, 0.1) is 5.82 Å². The molecule has 1 N–H and O–H groups in total. The molecule has 1 saturated heterocycles. The van der Waals surface area contributed by atoms with E-state index in [1.54, 1.807) is 29.2 Å². The Bertz CT molecular complexity index is 1460. The normalized spacial score (nSPS) is 20.8. The van der Waals surface area contributed by atoms with E-state index in [4.69, 9.17) is 0 Å². The first-order chi connectivity index (χ1) is 16.7. The van der Waals surface area contributed by atoms with Crippen molar-refractivity contribution in [2.75, 3.05) is 23.3 Å². The van der Waals surface area contributed by atoms with Gasteiger partial charge in [0.1, 0.15) is 5.82 Å². The predicted octanol–water partition coefficient (Wildman–Crippen LogP) is 4.02. The monoisotopic (exact) mass is 494 g/mol. The van der Waals surface area contributed by atoms with Crippen LogP contribution in [0.5, 0.6) is 0 Å².